The summed E-state index contributed by atoms with van der Waals surface area (Å²) in [6.07, 6.45) is 1.15. The van der Waals surface area contributed by atoms with Gasteiger partial charge < -0.3 is 15.2 Å². The fourth-order valence-electron chi connectivity index (χ4n) is 2.21. The summed E-state index contributed by atoms with van der Waals surface area (Å²) in [5.41, 5.74) is 2.43. The van der Waals surface area contributed by atoms with Crippen LogP contribution in [0.5, 0.6) is 11.5 Å². The third-order valence-electron chi connectivity index (χ3n) is 3.07. The maximum Gasteiger partial charge on any atom is 0.160 e. The van der Waals surface area contributed by atoms with Crippen molar-refractivity contribution < 1.29 is 9.84 Å². The Bertz CT molecular complexity index is 357. The standard InChI is InChI=1S/C12H17NO2/c1-8-5-12(15-2)11(14)6-10(8)9-3-4-13-7-9/h5-6,9,13-14H,3-4,7H2,1-2H3. The fourth-order valence-corrected chi connectivity index (χ4v) is 2.21. The third kappa shape index (κ3) is 1.92. The average Bonchev–Trinajstić information content (AvgIpc) is 2.74. The highest BCUT2D eigenvalue weighted by atomic mass is 16.5. The van der Waals surface area contributed by atoms with Crippen LogP contribution in [0.1, 0.15) is 23.5 Å². The lowest BCUT2D eigenvalue weighted by atomic mass is 9.93. The van der Waals surface area contributed by atoms with E-state index in [4.69, 9.17) is 4.74 Å². The van der Waals surface area contributed by atoms with Crippen molar-refractivity contribution in [2.75, 3.05) is 20.2 Å². The van der Waals surface area contributed by atoms with Gasteiger partial charge >= 0.3 is 0 Å². The Morgan fingerprint density at radius 3 is 2.87 bits per heavy atom. The molecule has 0 saturated carbocycles. The predicted octanol–water partition coefficient (Wildman–Crippen LogP) is 1.79. The fraction of sp³-hybridized carbons (Fsp3) is 0.500. The minimum Gasteiger partial charge on any atom is -0.504 e. The highest BCUT2D eigenvalue weighted by Gasteiger charge is 2.19. The molecule has 2 rings (SSSR count). The maximum absolute atomic E-state index is 9.73. The summed E-state index contributed by atoms with van der Waals surface area (Å²) in [6, 6.07) is 3.74. The van der Waals surface area contributed by atoms with E-state index in [1.807, 2.05) is 12.1 Å². The van der Waals surface area contributed by atoms with Gasteiger partial charge in [0, 0.05) is 6.54 Å². The van der Waals surface area contributed by atoms with E-state index >= 15 is 0 Å². The van der Waals surface area contributed by atoms with Crippen molar-refractivity contribution in [1.82, 2.24) is 5.32 Å². The summed E-state index contributed by atoms with van der Waals surface area (Å²) in [5, 5.41) is 13.1. The van der Waals surface area contributed by atoms with Gasteiger partial charge in [0.05, 0.1) is 7.11 Å². The molecule has 0 radical (unpaired) electrons. The van der Waals surface area contributed by atoms with E-state index in [0.29, 0.717) is 11.7 Å². The van der Waals surface area contributed by atoms with E-state index < -0.39 is 0 Å². The van der Waals surface area contributed by atoms with Crippen molar-refractivity contribution in [3.05, 3.63) is 23.3 Å². The Morgan fingerprint density at radius 1 is 1.47 bits per heavy atom. The maximum atomic E-state index is 9.73. The van der Waals surface area contributed by atoms with E-state index in [1.54, 1.807) is 7.11 Å². The summed E-state index contributed by atoms with van der Waals surface area (Å²) in [5.74, 6) is 1.33. The van der Waals surface area contributed by atoms with Gasteiger partial charge in [0.2, 0.25) is 0 Å². The molecule has 0 amide bonds. The van der Waals surface area contributed by atoms with Crippen molar-refractivity contribution >= 4 is 0 Å². The molecule has 1 aliphatic rings. The summed E-state index contributed by atoms with van der Waals surface area (Å²) >= 11 is 0. The molecule has 1 heterocycles. The van der Waals surface area contributed by atoms with Gasteiger partial charge in [-0.15, -0.1) is 0 Å². The molecular weight excluding hydrogens is 190 g/mol. The molecule has 0 spiro atoms. The van der Waals surface area contributed by atoms with Gasteiger partial charge in [0.15, 0.2) is 11.5 Å². The minimum absolute atomic E-state index is 0.241. The number of benzene rings is 1. The Labute approximate surface area is 90.1 Å². The minimum atomic E-state index is 0.241. The molecule has 1 aromatic rings. The van der Waals surface area contributed by atoms with Crippen molar-refractivity contribution in [3.63, 3.8) is 0 Å². The van der Waals surface area contributed by atoms with Gasteiger partial charge in [-0.3, -0.25) is 0 Å². The molecule has 1 saturated heterocycles. The zero-order valence-electron chi connectivity index (χ0n) is 9.21. The van der Waals surface area contributed by atoms with Crippen LogP contribution in [0.2, 0.25) is 0 Å². The van der Waals surface area contributed by atoms with Crippen LogP contribution >= 0.6 is 0 Å². The SMILES string of the molecule is COc1cc(C)c(C2CCNC2)cc1O. The van der Waals surface area contributed by atoms with Gasteiger partial charge in [-0.2, -0.15) is 0 Å². The third-order valence-corrected chi connectivity index (χ3v) is 3.07. The topological polar surface area (TPSA) is 41.5 Å². The molecular formula is C12H17NO2. The zero-order valence-corrected chi connectivity index (χ0v) is 9.21. The number of phenols is 1. The molecule has 0 aliphatic carbocycles. The Morgan fingerprint density at radius 2 is 2.27 bits per heavy atom. The second kappa shape index (κ2) is 4.11. The zero-order chi connectivity index (χ0) is 10.8. The van der Waals surface area contributed by atoms with Gasteiger partial charge in [-0.1, -0.05) is 0 Å². The number of hydrogen-bond donors (Lipinski definition) is 2. The van der Waals surface area contributed by atoms with Gasteiger partial charge in [-0.05, 0) is 49.1 Å². The molecule has 1 unspecified atom stereocenters. The van der Waals surface area contributed by atoms with Crippen LogP contribution in [0, 0.1) is 6.92 Å². The number of nitrogens with one attached hydrogen (secondary N) is 1. The summed E-state index contributed by atoms with van der Waals surface area (Å²) < 4.78 is 5.08. The number of methoxy groups -OCH3 is 1. The van der Waals surface area contributed by atoms with Crippen LogP contribution in [-0.4, -0.2) is 25.3 Å². The van der Waals surface area contributed by atoms with Gasteiger partial charge in [0.25, 0.3) is 0 Å². The van der Waals surface area contributed by atoms with Crippen LogP contribution in [0.25, 0.3) is 0 Å². The Kier molecular flexibility index (Phi) is 2.82. The van der Waals surface area contributed by atoms with Crippen LogP contribution in [-0.2, 0) is 0 Å². The highest BCUT2D eigenvalue weighted by molar-refractivity contribution is 5.47. The number of aryl methyl sites for hydroxylation is 1. The lowest BCUT2D eigenvalue weighted by Gasteiger charge is -2.14. The first-order valence-corrected chi connectivity index (χ1v) is 5.30. The molecule has 1 atom stereocenters. The van der Waals surface area contributed by atoms with Crippen molar-refractivity contribution in [2.24, 2.45) is 0 Å². The van der Waals surface area contributed by atoms with E-state index in [9.17, 15) is 5.11 Å². The number of rotatable bonds is 2. The average molecular weight is 207 g/mol. The first kappa shape index (κ1) is 10.3. The molecule has 0 aromatic heterocycles. The molecule has 3 nitrogen and oxygen atoms in total. The first-order chi connectivity index (χ1) is 7.22. The largest absolute Gasteiger partial charge is 0.504 e. The number of aromatic hydroxyl groups is 1. The van der Waals surface area contributed by atoms with Gasteiger partial charge in [0.1, 0.15) is 0 Å². The summed E-state index contributed by atoms with van der Waals surface area (Å²) in [4.78, 5) is 0. The van der Waals surface area contributed by atoms with Crippen molar-refractivity contribution in [2.45, 2.75) is 19.3 Å². The summed E-state index contributed by atoms with van der Waals surface area (Å²) in [7, 11) is 1.57. The molecule has 2 N–H and O–H groups in total. The molecule has 0 bridgehead atoms. The number of ether oxygens (including phenoxy) is 1. The second-order valence-electron chi connectivity index (χ2n) is 4.07. The van der Waals surface area contributed by atoms with E-state index in [2.05, 4.69) is 12.2 Å². The number of phenolic OH excluding ortho intramolecular Hbond substituents is 1. The van der Waals surface area contributed by atoms with Crippen LogP contribution in [0.15, 0.2) is 12.1 Å². The summed E-state index contributed by atoms with van der Waals surface area (Å²) in [6.45, 7) is 4.14. The normalized spacial score (nSPS) is 20.5. The first-order valence-electron chi connectivity index (χ1n) is 5.30. The molecule has 1 aromatic carbocycles. The lowest BCUT2D eigenvalue weighted by Crippen LogP contribution is -2.08. The van der Waals surface area contributed by atoms with E-state index in [1.165, 1.54) is 11.1 Å². The molecule has 82 valence electrons. The van der Waals surface area contributed by atoms with Crippen molar-refractivity contribution in [3.8, 4) is 11.5 Å². The van der Waals surface area contributed by atoms with Gasteiger partial charge in [-0.25, -0.2) is 0 Å². The Hall–Kier alpha value is -1.22. The van der Waals surface area contributed by atoms with Crippen LogP contribution < -0.4 is 10.1 Å². The van der Waals surface area contributed by atoms with E-state index in [-0.39, 0.29) is 5.75 Å². The predicted molar refractivity (Wildman–Crippen MR) is 59.6 cm³/mol. The molecule has 15 heavy (non-hydrogen) atoms. The second-order valence-corrected chi connectivity index (χ2v) is 4.07. The molecule has 1 aliphatic heterocycles. The molecule has 1 fully saturated rings. The monoisotopic (exact) mass is 207 g/mol. The molecule has 3 heteroatoms. The van der Waals surface area contributed by atoms with Crippen LogP contribution in [0.4, 0.5) is 0 Å². The van der Waals surface area contributed by atoms with Crippen LogP contribution in [0.3, 0.4) is 0 Å². The Balaban J connectivity index is 2.35. The lowest BCUT2D eigenvalue weighted by molar-refractivity contribution is 0.372. The smallest absolute Gasteiger partial charge is 0.160 e. The number of hydrogen-bond acceptors (Lipinski definition) is 3. The quantitative estimate of drug-likeness (QED) is 0.776. The van der Waals surface area contributed by atoms with Crippen molar-refractivity contribution in [1.29, 1.82) is 0 Å². The highest BCUT2D eigenvalue weighted by Crippen LogP contribution is 2.34. The van der Waals surface area contributed by atoms with E-state index in [0.717, 1.165) is 19.5 Å².